The van der Waals surface area contributed by atoms with Gasteiger partial charge in [-0.15, -0.1) is 0 Å². The highest BCUT2D eigenvalue weighted by molar-refractivity contribution is 9.11. The third-order valence-electron chi connectivity index (χ3n) is 0.205. The largest absolute Gasteiger partial charge is 0.280 e. The Kier molecular flexibility index (Phi) is 2.32. The Bertz CT molecular complexity index is 58.9. The third-order valence-corrected chi connectivity index (χ3v) is 0.505. The zero-order valence-electron chi connectivity index (χ0n) is 2.84. The van der Waals surface area contributed by atoms with Gasteiger partial charge < -0.3 is 0 Å². The minimum absolute atomic E-state index is 0.345. The number of halogens is 3. The van der Waals surface area contributed by atoms with E-state index in [1.807, 2.05) is 0 Å². The molecular formula is C3H2BrF2. The molecule has 0 aliphatic carbocycles. The molecule has 0 heterocycles. The van der Waals surface area contributed by atoms with Gasteiger partial charge in [-0.2, -0.15) is 8.78 Å². The molecule has 0 spiro atoms. The fraction of sp³-hybridized carbons (Fsp3) is 0. The number of allylic oxidation sites excluding steroid dienone is 1. The van der Waals surface area contributed by atoms with Gasteiger partial charge in [0.2, 0.25) is 0 Å². The molecule has 0 nitrogen and oxygen atoms in total. The van der Waals surface area contributed by atoms with E-state index in [0.717, 1.165) is 0 Å². The highest BCUT2D eigenvalue weighted by atomic mass is 79.9. The van der Waals surface area contributed by atoms with Crippen molar-refractivity contribution >= 4 is 15.9 Å². The van der Waals surface area contributed by atoms with E-state index >= 15 is 0 Å². The Balaban J connectivity index is 3.68. The van der Waals surface area contributed by atoms with E-state index in [4.69, 9.17) is 0 Å². The molecule has 0 atom stereocenters. The lowest BCUT2D eigenvalue weighted by Gasteiger charge is -1.75. The van der Waals surface area contributed by atoms with E-state index in [0.29, 0.717) is 0 Å². The Labute approximate surface area is 43.0 Å². The van der Waals surface area contributed by atoms with Gasteiger partial charge in [-0.1, -0.05) is 0 Å². The fourth-order valence-corrected chi connectivity index (χ4v) is 0. The molecule has 0 bridgehead atoms. The van der Waals surface area contributed by atoms with E-state index in [2.05, 4.69) is 22.9 Å². The Morgan fingerprint density at radius 3 is 1.67 bits per heavy atom. The molecule has 0 amide bonds. The molecule has 0 aromatic rings. The van der Waals surface area contributed by atoms with Crippen LogP contribution in [0.4, 0.5) is 8.78 Å². The average Bonchev–Trinajstić information content (AvgIpc) is 1.36. The van der Waals surface area contributed by atoms with Crippen molar-refractivity contribution in [3.8, 4) is 0 Å². The van der Waals surface area contributed by atoms with Gasteiger partial charge in [0.15, 0.2) is 0 Å². The molecule has 6 heavy (non-hydrogen) atoms. The summed E-state index contributed by atoms with van der Waals surface area (Å²) >= 11 is 2.46. The van der Waals surface area contributed by atoms with Crippen molar-refractivity contribution in [1.82, 2.24) is 0 Å². The molecule has 0 aromatic carbocycles. The Morgan fingerprint density at radius 1 is 1.50 bits per heavy atom. The molecule has 1 radical (unpaired) electrons. The predicted molar refractivity (Wildman–Crippen MR) is 23.5 cm³/mol. The quantitative estimate of drug-likeness (QED) is 0.504. The van der Waals surface area contributed by atoms with E-state index in [-0.39, 0.29) is 4.48 Å². The number of hydrogen-bond donors (Lipinski definition) is 0. The second-order valence-electron chi connectivity index (χ2n) is 0.665. The molecule has 0 aliphatic rings. The zero-order chi connectivity index (χ0) is 5.15. The average molecular weight is 156 g/mol. The van der Waals surface area contributed by atoms with Crippen LogP contribution in [0.25, 0.3) is 0 Å². The van der Waals surface area contributed by atoms with Crippen molar-refractivity contribution in [2.75, 3.05) is 0 Å². The van der Waals surface area contributed by atoms with Crippen LogP contribution in [0, 0.1) is 6.92 Å². The molecule has 0 N–H and O–H groups in total. The maximum atomic E-state index is 10.9. The van der Waals surface area contributed by atoms with E-state index in [1.165, 1.54) is 0 Å². The number of rotatable bonds is 0. The van der Waals surface area contributed by atoms with E-state index in [9.17, 15) is 8.78 Å². The molecule has 35 valence electrons. The van der Waals surface area contributed by atoms with Crippen LogP contribution in [-0.4, -0.2) is 0 Å². The first-order chi connectivity index (χ1) is 2.64. The third kappa shape index (κ3) is 2.33. The Hall–Kier alpha value is 0.0800. The van der Waals surface area contributed by atoms with E-state index in [1.54, 1.807) is 0 Å². The summed E-state index contributed by atoms with van der Waals surface area (Å²) in [6, 6.07) is 0. The van der Waals surface area contributed by atoms with Crippen LogP contribution in [0.5, 0.6) is 0 Å². The van der Waals surface area contributed by atoms with Crippen LogP contribution >= 0.6 is 15.9 Å². The highest BCUT2D eigenvalue weighted by Gasteiger charge is 1.89. The topological polar surface area (TPSA) is 0 Å². The Morgan fingerprint density at radius 2 is 1.67 bits per heavy atom. The maximum absolute atomic E-state index is 10.9. The second kappa shape index (κ2) is 2.29. The van der Waals surface area contributed by atoms with Gasteiger partial charge in [0, 0.05) is 0 Å². The van der Waals surface area contributed by atoms with Crippen molar-refractivity contribution in [3.63, 3.8) is 0 Å². The lowest BCUT2D eigenvalue weighted by Crippen LogP contribution is -1.57. The van der Waals surface area contributed by atoms with E-state index < -0.39 is 6.08 Å². The monoisotopic (exact) mass is 155 g/mol. The van der Waals surface area contributed by atoms with Crippen molar-refractivity contribution in [2.24, 2.45) is 0 Å². The van der Waals surface area contributed by atoms with Crippen LogP contribution < -0.4 is 0 Å². The van der Waals surface area contributed by atoms with Crippen LogP contribution in [0.15, 0.2) is 10.6 Å². The minimum Gasteiger partial charge on any atom is -0.172 e. The molecule has 0 rings (SSSR count). The summed E-state index contributed by atoms with van der Waals surface area (Å²) in [6.45, 7) is 2.88. The number of hydrogen-bond acceptors (Lipinski definition) is 0. The van der Waals surface area contributed by atoms with Gasteiger partial charge in [-0.3, -0.25) is 0 Å². The maximum Gasteiger partial charge on any atom is 0.280 e. The van der Waals surface area contributed by atoms with Crippen LogP contribution in [-0.2, 0) is 0 Å². The van der Waals surface area contributed by atoms with Crippen LogP contribution in [0.3, 0.4) is 0 Å². The van der Waals surface area contributed by atoms with Gasteiger partial charge in [-0.05, 0) is 22.9 Å². The van der Waals surface area contributed by atoms with Crippen molar-refractivity contribution in [3.05, 3.63) is 17.5 Å². The van der Waals surface area contributed by atoms with Crippen molar-refractivity contribution in [1.29, 1.82) is 0 Å². The lowest BCUT2D eigenvalue weighted by atomic mass is 10.7. The molecule has 3 heteroatoms. The summed E-state index contributed by atoms with van der Waals surface area (Å²) in [6.07, 6.45) is -1.77. The van der Waals surface area contributed by atoms with Crippen molar-refractivity contribution in [2.45, 2.75) is 0 Å². The molecule has 0 fully saturated rings. The van der Waals surface area contributed by atoms with Gasteiger partial charge in [0.05, 0.1) is 4.48 Å². The van der Waals surface area contributed by atoms with Crippen LogP contribution in [0.2, 0.25) is 0 Å². The van der Waals surface area contributed by atoms with Crippen molar-refractivity contribution < 1.29 is 8.78 Å². The summed E-state index contributed by atoms with van der Waals surface area (Å²) in [7, 11) is 0. The summed E-state index contributed by atoms with van der Waals surface area (Å²) in [4.78, 5) is 0. The molecule has 0 aliphatic heterocycles. The van der Waals surface area contributed by atoms with Gasteiger partial charge in [0.1, 0.15) is 0 Å². The first kappa shape index (κ1) is 6.08. The lowest BCUT2D eigenvalue weighted by molar-refractivity contribution is 0.420. The fourth-order valence-electron chi connectivity index (χ4n) is 0. The summed E-state index contributed by atoms with van der Waals surface area (Å²) < 4.78 is 21.5. The molecule has 0 saturated carbocycles. The zero-order valence-corrected chi connectivity index (χ0v) is 4.43. The van der Waals surface area contributed by atoms with Gasteiger partial charge in [-0.25, -0.2) is 0 Å². The molecule has 0 aromatic heterocycles. The predicted octanol–water partition coefficient (Wildman–Crippen LogP) is 2.32. The molecule has 0 saturated heterocycles. The smallest absolute Gasteiger partial charge is 0.172 e. The minimum atomic E-state index is -1.77. The van der Waals surface area contributed by atoms with Gasteiger partial charge in [0.25, 0.3) is 6.08 Å². The standard InChI is InChI=1S/C3H2BrF2/c1-2(4)3(5)6/h1H2. The first-order valence-corrected chi connectivity index (χ1v) is 1.96. The first-order valence-electron chi connectivity index (χ1n) is 1.17. The van der Waals surface area contributed by atoms with Crippen LogP contribution in [0.1, 0.15) is 0 Å². The highest BCUT2D eigenvalue weighted by Crippen LogP contribution is 2.11. The summed E-state index contributed by atoms with van der Waals surface area (Å²) in [5.74, 6) is 0. The molecule has 0 unspecified atom stereocenters. The summed E-state index contributed by atoms with van der Waals surface area (Å²) in [5, 5.41) is 0. The normalized spacial score (nSPS) is 8.00. The molecular weight excluding hydrogens is 154 g/mol. The second-order valence-corrected chi connectivity index (χ2v) is 1.62. The summed E-state index contributed by atoms with van der Waals surface area (Å²) in [5.41, 5.74) is 0. The SMILES string of the molecule is [CH2]C(Br)=C(F)F. The van der Waals surface area contributed by atoms with Gasteiger partial charge >= 0.3 is 0 Å².